The van der Waals surface area contributed by atoms with Gasteiger partial charge in [0.2, 0.25) is 0 Å². The fourth-order valence-electron chi connectivity index (χ4n) is 4.35. The first-order chi connectivity index (χ1) is 12.2. The molecule has 0 aromatic heterocycles. The van der Waals surface area contributed by atoms with Crippen LogP contribution in [0.25, 0.3) is 0 Å². The first-order valence-corrected chi connectivity index (χ1v) is 9.25. The van der Waals surface area contributed by atoms with E-state index in [2.05, 4.69) is 15.9 Å². The predicted octanol–water partition coefficient (Wildman–Crippen LogP) is 3.42. The molecule has 7 nitrogen and oxygen atoms in total. The van der Waals surface area contributed by atoms with Gasteiger partial charge in [-0.25, -0.2) is 9.59 Å². The molecule has 1 atom stereocenters. The number of rotatable bonds is 2. The molecule has 2 aliphatic heterocycles. The van der Waals surface area contributed by atoms with Crippen LogP contribution in [0.5, 0.6) is 11.5 Å². The van der Waals surface area contributed by atoms with Crippen molar-refractivity contribution in [3.63, 3.8) is 0 Å². The van der Waals surface area contributed by atoms with E-state index < -0.39 is 17.8 Å². The average molecular weight is 426 g/mol. The Bertz CT molecular complexity index is 810. The highest BCUT2D eigenvalue weighted by Crippen LogP contribution is 2.59. The summed E-state index contributed by atoms with van der Waals surface area (Å²) >= 11 is 3.46. The predicted molar refractivity (Wildman–Crippen MR) is 94.6 cm³/mol. The Morgan fingerprint density at radius 1 is 1.31 bits per heavy atom. The van der Waals surface area contributed by atoms with Crippen molar-refractivity contribution < 1.29 is 28.9 Å². The summed E-state index contributed by atoms with van der Waals surface area (Å²) < 4.78 is 17.8. The van der Waals surface area contributed by atoms with Gasteiger partial charge in [-0.3, -0.25) is 0 Å². The summed E-state index contributed by atoms with van der Waals surface area (Å²) in [6, 6.07) is 1.69. The summed E-state index contributed by atoms with van der Waals surface area (Å²) in [6.45, 7) is 4.88. The molecule has 1 aromatic carbocycles. The van der Waals surface area contributed by atoms with Crippen LogP contribution >= 0.6 is 15.9 Å². The Labute approximate surface area is 159 Å². The van der Waals surface area contributed by atoms with Gasteiger partial charge in [0, 0.05) is 36.9 Å². The number of halogens is 1. The average Bonchev–Trinajstić information content (AvgIpc) is 2.86. The summed E-state index contributed by atoms with van der Waals surface area (Å²) in [4.78, 5) is 24.4. The maximum Gasteiger partial charge on any atom is 0.407 e. The zero-order chi connectivity index (χ0) is 18.9. The van der Waals surface area contributed by atoms with Crippen molar-refractivity contribution in [1.29, 1.82) is 0 Å². The Morgan fingerprint density at radius 2 is 1.92 bits per heavy atom. The second-order valence-corrected chi connectivity index (χ2v) is 8.50. The highest BCUT2D eigenvalue weighted by molar-refractivity contribution is 9.10. The van der Waals surface area contributed by atoms with E-state index in [1.165, 1.54) is 12.0 Å². The van der Waals surface area contributed by atoms with Gasteiger partial charge in [0.15, 0.2) is 11.5 Å². The summed E-state index contributed by atoms with van der Waals surface area (Å²) in [7, 11) is 1.34. The summed E-state index contributed by atoms with van der Waals surface area (Å²) in [5.74, 6) is 0.0790. The minimum Gasteiger partial charge on any atom is -0.465 e. The number of hydrogen-bond acceptors (Lipinski definition) is 5. The SMILES string of the molecule is COC(=O)c1cc(Br)c2c(c1C)OC(C)(C1CC3(C1)CN(C(=O)O)C3)O2. The molecule has 1 spiro atoms. The van der Waals surface area contributed by atoms with Crippen molar-refractivity contribution in [2.24, 2.45) is 11.3 Å². The van der Waals surface area contributed by atoms with E-state index in [1.807, 2.05) is 13.8 Å². The van der Waals surface area contributed by atoms with E-state index in [9.17, 15) is 9.59 Å². The summed E-state index contributed by atoms with van der Waals surface area (Å²) in [5.41, 5.74) is 1.19. The third-order valence-electron chi connectivity index (χ3n) is 5.88. The van der Waals surface area contributed by atoms with Crippen molar-refractivity contribution in [3.8, 4) is 11.5 Å². The molecule has 2 fully saturated rings. The fourth-order valence-corrected chi connectivity index (χ4v) is 4.84. The number of amides is 1. The lowest BCUT2D eigenvalue weighted by atomic mass is 9.55. The second-order valence-electron chi connectivity index (χ2n) is 7.64. The molecule has 26 heavy (non-hydrogen) atoms. The van der Waals surface area contributed by atoms with Gasteiger partial charge < -0.3 is 24.2 Å². The largest absolute Gasteiger partial charge is 0.465 e. The molecule has 4 rings (SSSR count). The number of methoxy groups -OCH3 is 1. The first kappa shape index (κ1) is 17.5. The minimum absolute atomic E-state index is 0.0665. The molecule has 0 bridgehead atoms. The molecule has 1 amide bonds. The molecule has 1 unspecified atom stereocenters. The van der Waals surface area contributed by atoms with Crippen LogP contribution in [0.4, 0.5) is 4.79 Å². The van der Waals surface area contributed by atoms with Crippen LogP contribution in [0.15, 0.2) is 10.5 Å². The number of carbonyl (C=O) groups excluding carboxylic acids is 1. The van der Waals surface area contributed by atoms with Gasteiger partial charge >= 0.3 is 12.1 Å². The molecular weight excluding hydrogens is 406 g/mol. The van der Waals surface area contributed by atoms with Crippen LogP contribution in [-0.2, 0) is 4.74 Å². The van der Waals surface area contributed by atoms with Gasteiger partial charge in [-0.2, -0.15) is 0 Å². The minimum atomic E-state index is -0.860. The second kappa shape index (κ2) is 5.52. The van der Waals surface area contributed by atoms with Crippen molar-refractivity contribution in [2.45, 2.75) is 32.5 Å². The molecule has 8 heteroatoms. The third kappa shape index (κ3) is 2.38. The van der Waals surface area contributed by atoms with E-state index in [4.69, 9.17) is 19.3 Å². The van der Waals surface area contributed by atoms with Crippen molar-refractivity contribution in [2.75, 3.05) is 20.2 Å². The van der Waals surface area contributed by atoms with Gasteiger partial charge in [0.1, 0.15) is 0 Å². The molecule has 140 valence electrons. The number of carbonyl (C=O) groups is 2. The van der Waals surface area contributed by atoms with Crippen LogP contribution in [0.1, 0.15) is 35.7 Å². The number of nitrogens with zero attached hydrogens (tertiary/aromatic N) is 1. The van der Waals surface area contributed by atoms with Gasteiger partial charge in [-0.1, -0.05) is 0 Å². The number of likely N-dealkylation sites (tertiary alicyclic amines) is 1. The van der Waals surface area contributed by atoms with Gasteiger partial charge in [0.05, 0.1) is 17.1 Å². The lowest BCUT2D eigenvalue weighted by molar-refractivity contribution is -0.196. The normalized spacial score (nSPS) is 25.6. The van der Waals surface area contributed by atoms with E-state index in [0.717, 1.165) is 12.8 Å². The molecule has 1 aromatic rings. The van der Waals surface area contributed by atoms with E-state index >= 15 is 0 Å². The Morgan fingerprint density at radius 3 is 2.50 bits per heavy atom. The number of carboxylic acid groups (broad SMARTS) is 1. The van der Waals surface area contributed by atoms with Gasteiger partial charge in [-0.05, 0) is 41.8 Å². The van der Waals surface area contributed by atoms with Gasteiger partial charge in [0.25, 0.3) is 5.79 Å². The van der Waals surface area contributed by atoms with E-state index in [-0.39, 0.29) is 11.3 Å². The van der Waals surface area contributed by atoms with Crippen molar-refractivity contribution >= 4 is 28.0 Å². The quantitative estimate of drug-likeness (QED) is 0.730. The number of esters is 1. The van der Waals surface area contributed by atoms with Crippen LogP contribution in [0.3, 0.4) is 0 Å². The summed E-state index contributed by atoms with van der Waals surface area (Å²) in [5, 5.41) is 9.02. The number of ether oxygens (including phenoxy) is 3. The van der Waals surface area contributed by atoms with E-state index in [0.29, 0.717) is 40.2 Å². The molecule has 1 saturated heterocycles. The first-order valence-electron chi connectivity index (χ1n) is 8.45. The van der Waals surface area contributed by atoms with Crippen molar-refractivity contribution in [3.05, 3.63) is 21.7 Å². The standard InChI is InChI=1S/C18H20BrNO6/c1-9-11(15(21)24-3)4-12(19)14-13(9)25-17(2,26-14)10-5-18(6-10)7-20(8-18)16(22)23/h4,10H,5-8H2,1-3H3,(H,22,23). The zero-order valence-corrected chi connectivity index (χ0v) is 16.4. The molecule has 0 radical (unpaired) electrons. The molecule has 1 saturated carbocycles. The zero-order valence-electron chi connectivity index (χ0n) is 14.8. The van der Waals surface area contributed by atoms with Gasteiger partial charge in [-0.15, -0.1) is 0 Å². The highest BCUT2D eigenvalue weighted by atomic mass is 79.9. The fraction of sp³-hybridized carbons (Fsp3) is 0.556. The van der Waals surface area contributed by atoms with Crippen LogP contribution in [0, 0.1) is 18.3 Å². The third-order valence-corrected chi connectivity index (χ3v) is 6.47. The number of fused-ring (bicyclic) bond motifs is 1. The maximum atomic E-state index is 12.0. The highest BCUT2D eigenvalue weighted by Gasteiger charge is 2.61. The lowest BCUT2D eigenvalue weighted by Crippen LogP contribution is -2.67. The molecule has 3 aliphatic rings. The number of hydrogen-bond donors (Lipinski definition) is 1. The maximum absolute atomic E-state index is 12.0. The lowest BCUT2D eigenvalue weighted by Gasteiger charge is -2.60. The Kier molecular flexibility index (Phi) is 3.70. The van der Waals surface area contributed by atoms with Crippen LogP contribution in [-0.4, -0.2) is 48.1 Å². The van der Waals surface area contributed by atoms with Crippen LogP contribution < -0.4 is 9.47 Å². The smallest absolute Gasteiger partial charge is 0.407 e. The van der Waals surface area contributed by atoms with Crippen molar-refractivity contribution in [1.82, 2.24) is 4.90 Å². The Balaban J connectivity index is 1.52. The monoisotopic (exact) mass is 425 g/mol. The van der Waals surface area contributed by atoms with Crippen LogP contribution in [0.2, 0.25) is 0 Å². The number of benzene rings is 1. The summed E-state index contributed by atoms with van der Waals surface area (Å²) in [6.07, 6.45) is 0.866. The Hall–Kier alpha value is -1.96. The topological polar surface area (TPSA) is 85.3 Å². The molecule has 2 heterocycles. The van der Waals surface area contributed by atoms with E-state index in [1.54, 1.807) is 6.07 Å². The molecule has 1 aliphatic carbocycles. The molecular formula is C18H20BrNO6. The molecule has 1 N–H and O–H groups in total.